The maximum absolute atomic E-state index is 11.4. The molecule has 2 N–H and O–H groups in total. The Bertz CT molecular complexity index is 390. The molecule has 112 valence electrons. The van der Waals surface area contributed by atoms with Gasteiger partial charge in [0.2, 0.25) is 0 Å². The van der Waals surface area contributed by atoms with Gasteiger partial charge in [0.25, 0.3) is 5.91 Å². The average molecular weight is 278 g/mol. The Hall–Kier alpha value is -1.55. The Balaban J connectivity index is 2.40. The number of hydrogen-bond acceptors (Lipinski definition) is 3. The first-order valence-electron chi connectivity index (χ1n) is 7.40. The summed E-state index contributed by atoms with van der Waals surface area (Å²) in [6.45, 7) is 8.10. The molecule has 20 heavy (non-hydrogen) atoms. The van der Waals surface area contributed by atoms with Gasteiger partial charge in [-0.2, -0.15) is 0 Å². The van der Waals surface area contributed by atoms with Gasteiger partial charge in [-0.25, -0.2) is 0 Å². The molecule has 0 aliphatic rings. The van der Waals surface area contributed by atoms with Gasteiger partial charge in [0, 0.05) is 12.6 Å². The summed E-state index contributed by atoms with van der Waals surface area (Å²) in [6, 6.07) is 8.22. The standard InChI is InChI=1S/C16H26N2O2/c1-4-10-17-13(3)14-6-8-15(9-7-14)20-12-16(19)18-11-5-2/h6-9,13,17H,4-5,10-12H2,1-3H3,(H,18,19). The van der Waals surface area contributed by atoms with E-state index in [4.69, 9.17) is 4.74 Å². The van der Waals surface area contributed by atoms with Crippen LogP contribution in [-0.4, -0.2) is 25.6 Å². The lowest BCUT2D eigenvalue weighted by Gasteiger charge is -2.14. The molecule has 0 aliphatic heterocycles. The fourth-order valence-electron chi connectivity index (χ4n) is 1.80. The van der Waals surface area contributed by atoms with Gasteiger partial charge >= 0.3 is 0 Å². The molecule has 1 amide bonds. The van der Waals surface area contributed by atoms with E-state index in [0.717, 1.165) is 25.1 Å². The topological polar surface area (TPSA) is 50.4 Å². The SMILES string of the molecule is CCCNC(=O)COc1ccc(C(C)NCCC)cc1. The second-order valence-electron chi connectivity index (χ2n) is 4.88. The summed E-state index contributed by atoms with van der Waals surface area (Å²) in [7, 11) is 0. The van der Waals surface area contributed by atoms with Gasteiger partial charge in [-0.05, 0) is 44.0 Å². The Morgan fingerprint density at radius 1 is 1.15 bits per heavy atom. The third kappa shape index (κ3) is 6.06. The number of carbonyl (C=O) groups excluding carboxylic acids is 1. The Morgan fingerprint density at radius 2 is 1.80 bits per heavy atom. The van der Waals surface area contributed by atoms with Crippen molar-refractivity contribution in [3.05, 3.63) is 29.8 Å². The van der Waals surface area contributed by atoms with E-state index in [1.54, 1.807) is 0 Å². The number of benzene rings is 1. The highest BCUT2D eigenvalue weighted by Gasteiger charge is 2.05. The van der Waals surface area contributed by atoms with Crippen molar-refractivity contribution < 1.29 is 9.53 Å². The molecule has 1 aromatic carbocycles. The molecule has 0 radical (unpaired) electrons. The zero-order chi connectivity index (χ0) is 14.8. The van der Waals surface area contributed by atoms with Crippen LogP contribution in [0.1, 0.15) is 45.2 Å². The maximum Gasteiger partial charge on any atom is 0.257 e. The lowest BCUT2D eigenvalue weighted by Crippen LogP contribution is -2.29. The fourth-order valence-corrected chi connectivity index (χ4v) is 1.80. The number of nitrogens with one attached hydrogen (secondary N) is 2. The van der Waals surface area contributed by atoms with Gasteiger partial charge in [-0.15, -0.1) is 0 Å². The lowest BCUT2D eigenvalue weighted by molar-refractivity contribution is -0.123. The number of rotatable bonds is 9. The summed E-state index contributed by atoms with van der Waals surface area (Å²) in [5.41, 5.74) is 1.22. The van der Waals surface area contributed by atoms with Crippen LogP contribution in [0.2, 0.25) is 0 Å². The van der Waals surface area contributed by atoms with E-state index in [2.05, 4.69) is 24.5 Å². The highest BCUT2D eigenvalue weighted by molar-refractivity contribution is 5.77. The molecule has 4 heteroatoms. The molecule has 1 unspecified atom stereocenters. The van der Waals surface area contributed by atoms with Crippen LogP contribution < -0.4 is 15.4 Å². The molecule has 1 rings (SSSR count). The van der Waals surface area contributed by atoms with E-state index in [0.29, 0.717) is 12.6 Å². The molecule has 4 nitrogen and oxygen atoms in total. The van der Waals surface area contributed by atoms with Crippen LogP contribution in [0.5, 0.6) is 5.75 Å². The van der Waals surface area contributed by atoms with Crippen LogP contribution in [0.3, 0.4) is 0 Å². The Labute approximate surface area is 121 Å². The zero-order valence-corrected chi connectivity index (χ0v) is 12.7. The highest BCUT2D eigenvalue weighted by Crippen LogP contribution is 2.17. The van der Waals surface area contributed by atoms with Crippen molar-refractivity contribution in [3.63, 3.8) is 0 Å². The first kappa shape index (κ1) is 16.5. The first-order chi connectivity index (χ1) is 9.67. The largest absolute Gasteiger partial charge is 0.484 e. The van der Waals surface area contributed by atoms with Crippen molar-refractivity contribution >= 4 is 5.91 Å². The first-order valence-corrected chi connectivity index (χ1v) is 7.40. The second-order valence-corrected chi connectivity index (χ2v) is 4.88. The quantitative estimate of drug-likeness (QED) is 0.730. The number of amides is 1. The molecule has 1 atom stereocenters. The third-order valence-electron chi connectivity index (χ3n) is 3.02. The molecule has 0 fully saturated rings. The third-order valence-corrected chi connectivity index (χ3v) is 3.02. The van der Waals surface area contributed by atoms with E-state index in [9.17, 15) is 4.79 Å². The van der Waals surface area contributed by atoms with Crippen molar-refractivity contribution in [2.75, 3.05) is 19.7 Å². The summed E-state index contributed by atoms with van der Waals surface area (Å²) < 4.78 is 5.45. The van der Waals surface area contributed by atoms with Crippen molar-refractivity contribution in [1.82, 2.24) is 10.6 Å². The molecule has 0 spiro atoms. The van der Waals surface area contributed by atoms with Gasteiger partial charge in [0.1, 0.15) is 5.75 Å². The van der Waals surface area contributed by atoms with Gasteiger partial charge < -0.3 is 15.4 Å². The van der Waals surface area contributed by atoms with E-state index in [-0.39, 0.29) is 12.5 Å². The summed E-state index contributed by atoms with van der Waals surface area (Å²) in [6.07, 6.45) is 2.06. The molecule has 0 heterocycles. The van der Waals surface area contributed by atoms with Crippen LogP contribution in [-0.2, 0) is 4.79 Å². The van der Waals surface area contributed by atoms with Crippen LogP contribution in [0.15, 0.2) is 24.3 Å². The summed E-state index contributed by atoms with van der Waals surface area (Å²) >= 11 is 0. The van der Waals surface area contributed by atoms with Crippen molar-refractivity contribution in [2.45, 2.75) is 39.7 Å². The average Bonchev–Trinajstić information content (AvgIpc) is 2.49. The molecule has 0 aromatic heterocycles. The minimum absolute atomic E-state index is 0.0724. The molecule has 1 aromatic rings. The van der Waals surface area contributed by atoms with Crippen LogP contribution in [0.25, 0.3) is 0 Å². The van der Waals surface area contributed by atoms with E-state index >= 15 is 0 Å². The van der Waals surface area contributed by atoms with Gasteiger partial charge in [-0.1, -0.05) is 26.0 Å². The zero-order valence-electron chi connectivity index (χ0n) is 12.7. The minimum atomic E-state index is -0.0751. The van der Waals surface area contributed by atoms with Crippen LogP contribution in [0, 0.1) is 0 Å². The molecule has 0 saturated carbocycles. The molecular weight excluding hydrogens is 252 g/mol. The van der Waals surface area contributed by atoms with Gasteiger partial charge in [0.05, 0.1) is 0 Å². The minimum Gasteiger partial charge on any atom is -0.484 e. The van der Waals surface area contributed by atoms with Crippen LogP contribution in [0.4, 0.5) is 0 Å². The fraction of sp³-hybridized carbons (Fsp3) is 0.562. The predicted octanol–water partition coefficient (Wildman–Crippen LogP) is 2.65. The second kappa shape index (κ2) is 9.37. The highest BCUT2D eigenvalue weighted by atomic mass is 16.5. The molecule has 0 aliphatic carbocycles. The van der Waals surface area contributed by atoms with E-state index < -0.39 is 0 Å². The summed E-state index contributed by atoms with van der Waals surface area (Å²) in [4.78, 5) is 11.4. The monoisotopic (exact) mass is 278 g/mol. The summed E-state index contributed by atoms with van der Waals surface area (Å²) in [5.74, 6) is 0.650. The van der Waals surface area contributed by atoms with Gasteiger partial charge in [0.15, 0.2) is 6.61 Å². The molecule has 0 bridgehead atoms. The van der Waals surface area contributed by atoms with Gasteiger partial charge in [-0.3, -0.25) is 4.79 Å². The normalized spacial score (nSPS) is 11.9. The number of carbonyl (C=O) groups is 1. The van der Waals surface area contributed by atoms with E-state index in [1.165, 1.54) is 5.56 Å². The lowest BCUT2D eigenvalue weighted by atomic mass is 10.1. The molecule has 0 saturated heterocycles. The number of ether oxygens (including phenoxy) is 1. The number of hydrogen-bond donors (Lipinski definition) is 2. The Morgan fingerprint density at radius 3 is 2.40 bits per heavy atom. The van der Waals surface area contributed by atoms with Crippen molar-refractivity contribution in [3.8, 4) is 5.75 Å². The maximum atomic E-state index is 11.4. The molecular formula is C16H26N2O2. The van der Waals surface area contributed by atoms with Crippen molar-refractivity contribution in [1.29, 1.82) is 0 Å². The smallest absolute Gasteiger partial charge is 0.257 e. The summed E-state index contributed by atoms with van der Waals surface area (Å²) in [5, 5.41) is 6.22. The van der Waals surface area contributed by atoms with E-state index in [1.807, 2.05) is 31.2 Å². The van der Waals surface area contributed by atoms with Crippen LogP contribution >= 0.6 is 0 Å². The predicted molar refractivity (Wildman–Crippen MR) is 81.9 cm³/mol. The van der Waals surface area contributed by atoms with Crippen molar-refractivity contribution in [2.24, 2.45) is 0 Å². The Kier molecular flexibility index (Phi) is 7.73.